The number of amides is 1. The number of alkyl halides is 3. The van der Waals surface area contributed by atoms with Crippen LogP contribution in [-0.2, 0) is 9.53 Å². The van der Waals surface area contributed by atoms with Gasteiger partial charge in [-0.25, -0.2) is 4.98 Å². The van der Waals surface area contributed by atoms with Gasteiger partial charge in [0.25, 0.3) is 0 Å². The van der Waals surface area contributed by atoms with Gasteiger partial charge in [-0.1, -0.05) is 36.3 Å². The van der Waals surface area contributed by atoms with Gasteiger partial charge in [0.1, 0.15) is 5.54 Å². The topological polar surface area (TPSA) is 122 Å². The zero-order valence-electron chi connectivity index (χ0n) is 23.7. The molecule has 14 heteroatoms. The molecule has 43 heavy (non-hydrogen) atoms. The van der Waals surface area contributed by atoms with Crippen LogP contribution in [-0.4, -0.2) is 82.1 Å². The standard InChI is InChI=1S/C29H36F3N5O4S2/c30-29(31,32)23-17-37(11-14-41-23)27-34-24(21-3-1-2-4-22(21)26(38)35-28(18-33)9-10-28)25(42-27)19-5-7-20(8-6-19)36-12-15-43(39,40)16-13-36/h5-8,21-23,39-40H,1-4,9-17H2,(H,35,38)/t21-,22-,23-/m1/s1. The van der Waals surface area contributed by atoms with Crippen molar-refractivity contribution in [1.29, 1.82) is 5.26 Å². The number of thiazole rings is 1. The second kappa shape index (κ2) is 11.7. The summed E-state index contributed by atoms with van der Waals surface area (Å²) < 4.78 is 65.6. The quantitative estimate of drug-likeness (QED) is 0.374. The SMILES string of the molecule is N#CC1(NC(=O)[C@@H]2CCCC[C@H]2c2nc(N3CCO[C@@H](C(F)(F)F)C3)sc2-c2ccc(N3CCS(O)(O)CC3)cc2)CC1. The molecule has 0 unspecified atom stereocenters. The van der Waals surface area contributed by atoms with Crippen LogP contribution in [0, 0.1) is 17.2 Å². The summed E-state index contributed by atoms with van der Waals surface area (Å²) in [6, 6.07) is 10.1. The molecule has 1 aromatic heterocycles. The van der Waals surface area contributed by atoms with Gasteiger partial charge in [-0.15, -0.1) is 0 Å². The van der Waals surface area contributed by atoms with Crippen molar-refractivity contribution in [2.24, 2.45) is 5.92 Å². The number of nitrogens with one attached hydrogen (secondary N) is 1. The Morgan fingerprint density at radius 2 is 1.81 bits per heavy atom. The first-order valence-corrected chi connectivity index (χ1v) is 17.4. The van der Waals surface area contributed by atoms with Crippen molar-refractivity contribution in [3.63, 3.8) is 0 Å². The largest absolute Gasteiger partial charge is 0.416 e. The van der Waals surface area contributed by atoms with Gasteiger partial charge in [0.05, 0.1) is 41.3 Å². The molecule has 1 aromatic carbocycles. The van der Waals surface area contributed by atoms with Gasteiger partial charge in [-0.2, -0.15) is 29.0 Å². The number of hydrogen-bond acceptors (Lipinski definition) is 9. The number of ether oxygens (including phenoxy) is 1. The fourth-order valence-electron chi connectivity index (χ4n) is 6.23. The van der Waals surface area contributed by atoms with E-state index in [1.54, 1.807) is 4.90 Å². The number of nitriles is 1. The van der Waals surface area contributed by atoms with Gasteiger partial charge >= 0.3 is 6.18 Å². The highest BCUT2D eigenvalue weighted by molar-refractivity contribution is 8.24. The van der Waals surface area contributed by atoms with Crippen molar-refractivity contribution in [3.05, 3.63) is 30.0 Å². The lowest BCUT2D eigenvalue weighted by Gasteiger charge is -2.41. The molecule has 4 aliphatic rings. The Balaban J connectivity index is 1.32. The van der Waals surface area contributed by atoms with Crippen molar-refractivity contribution in [2.75, 3.05) is 54.1 Å². The normalized spacial score (nSPS) is 27.7. The van der Waals surface area contributed by atoms with Crippen LogP contribution in [0.4, 0.5) is 24.0 Å². The predicted molar refractivity (Wildman–Crippen MR) is 161 cm³/mol. The Bertz CT molecular complexity index is 1370. The molecule has 2 saturated carbocycles. The summed E-state index contributed by atoms with van der Waals surface area (Å²) in [6.07, 6.45) is -1.93. The van der Waals surface area contributed by atoms with E-state index in [0.29, 0.717) is 49.0 Å². The summed E-state index contributed by atoms with van der Waals surface area (Å²) in [5.41, 5.74) is 1.75. The van der Waals surface area contributed by atoms with E-state index in [-0.39, 0.29) is 37.4 Å². The van der Waals surface area contributed by atoms with Crippen LogP contribution in [0.2, 0.25) is 0 Å². The smallest absolute Gasteiger partial charge is 0.368 e. The van der Waals surface area contributed by atoms with Gasteiger partial charge in [0.2, 0.25) is 5.91 Å². The molecule has 2 aliphatic carbocycles. The number of carbonyl (C=O) groups is 1. The number of hydrogen-bond donors (Lipinski definition) is 3. The molecule has 2 aromatic rings. The molecule has 4 fully saturated rings. The Hall–Kier alpha value is -2.57. The summed E-state index contributed by atoms with van der Waals surface area (Å²) in [7, 11) is -2.52. The molecule has 9 nitrogen and oxygen atoms in total. The maximum absolute atomic E-state index is 13.5. The Labute approximate surface area is 254 Å². The Kier molecular flexibility index (Phi) is 8.31. The number of rotatable bonds is 6. The lowest BCUT2D eigenvalue weighted by Crippen LogP contribution is -2.49. The monoisotopic (exact) mass is 639 g/mol. The highest BCUT2D eigenvalue weighted by Crippen LogP contribution is 2.47. The lowest BCUT2D eigenvalue weighted by molar-refractivity contribution is -0.221. The van der Waals surface area contributed by atoms with Gasteiger partial charge in [-0.05, 0) is 43.4 Å². The summed E-state index contributed by atoms with van der Waals surface area (Å²) >= 11 is 1.34. The number of anilines is 2. The van der Waals surface area contributed by atoms with E-state index in [9.17, 15) is 32.3 Å². The maximum atomic E-state index is 13.5. The van der Waals surface area contributed by atoms with Crippen molar-refractivity contribution < 1.29 is 31.8 Å². The number of halogens is 3. The Morgan fingerprint density at radius 3 is 2.47 bits per heavy atom. The third kappa shape index (κ3) is 6.61. The highest BCUT2D eigenvalue weighted by Gasteiger charge is 2.48. The third-order valence-corrected chi connectivity index (χ3v) is 11.8. The van der Waals surface area contributed by atoms with Crippen molar-refractivity contribution in [1.82, 2.24) is 10.3 Å². The van der Waals surface area contributed by atoms with Crippen molar-refractivity contribution >= 4 is 38.7 Å². The lowest BCUT2D eigenvalue weighted by atomic mass is 9.76. The minimum atomic E-state index is -4.48. The summed E-state index contributed by atoms with van der Waals surface area (Å²) in [5.74, 6) is -0.108. The first-order chi connectivity index (χ1) is 20.5. The van der Waals surface area contributed by atoms with E-state index < -0.39 is 28.4 Å². The number of benzene rings is 1. The van der Waals surface area contributed by atoms with Crippen LogP contribution in [0.5, 0.6) is 0 Å². The van der Waals surface area contributed by atoms with Crippen LogP contribution in [0.1, 0.15) is 50.1 Å². The van der Waals surface area contributed by atoms with Gasteiger partial charge in [0, 0.05) is 37.2 Å². The predicted octanol–water partition coefficient (Wildman–Crippen LogP) is 5.59. The fourth-order valence-corrected chi connectivity index (χ4v) is 8.64. The molecule has 0 spiro atoms. The molecule has 1 amide bonds. The maximum Gasteiger partial charge on any atom is 0.416 e. The molecule has 2 saturated heterocycles. The second-order valence-electron chi connectivity index (χ2n) is 12.0. The minimum Gasteiger partial charge on any atom is -0.368 e. The van der Waals surface area contributed by atoms with Crippen molar-refractivity contribution in [3.8, 4) is 16.5 Å². The van der Waals surface area contributed by atoms with E-state index in [1.807, 2.05) is 24.3 Å². The van der Waals surface area contributed by atoms with Crippen LogP contribution < -0.4 is 15.1 Å². The first kappa shape index (κ1) is 30.5. The van der Waals surface area contributed by atoms with E-state index in [0.717, 1.165) is 41.1 Å². The van der Waals surface area contributed by atoms with Gasteiger partial charge in [0.15, 0.2) is 11.2 Å². The molecular formula is C29H36F3N5O4S2. The van der Waals surface area contributed by atoms with E-state index in [4.69, 9.17) is 9.72 Å². The van der Waals surface area contributed by atoms with Crippen molar-refractivity contribution in [2.45, 2.75) is 62.3 Å². The number of morpholine rings is 1. The van der Waals surface area contributed by atoms with E-state index >= 15 is 0 Å². The molecular weight excluding hydrogens is 603 g/mol. The fraction of sp³-hybridized carbons (Fsp3) is 0.621. The number of aromatic nitrogens is 1. The zero-order valence-corrected chi connectivity index (χ0v) is 25.3. The average Bonchev–Trinajstić information content (AvgIpc) is 3.63. The van der Waals surface area contributed by atoms with Crippen LogP contribution in [0.3, 0.4) is 0 Å². The molecule has 3 heterocycles. The summed E-state index contributed by atoms with van der Waals surface area (Å²) in [6.45, 7) is 0.956. The minimum absolute atomic E-state index is 0.0612. The highest BCUT2D eigenvalue weighted by atomic mass is 32.3. The summed E-state index contributed by atoms with van der Waals surface area (Å²) in [4.78, 5) is 23.0. The molecule has 234 valence electrons. The molecule has 0 radical (unpaired) electrons. The van der Waals surface area contributed by atoms with E-state index in [1.165, 1.54) is 11.3 Å². The van der Waals surface area contributed by atoms with Crippen LogP contribution >= 0.6 is 21.9 Å². The third-order valence-electron chi connectivity index (χ3n) is 9.00. The second-order valence-corrected chi connectivity index (χ2v) is 15.4. The van der Waals surface area contributed by atoms with E-state index in [2.05, 4.69) is 16.3 Å². The molecule has 0 bridgehead atoms. The average molecular weight is 640 g/mol. The van der Waals surface area contributed by atoms with Crippen LogP contribution in [0.15, 0.2) is 24.3 Å². The number of nitrogens with zero attached hydrogens (tertiary/aromatic N) is 4. The number of carbonyl (C=O) groups excluding carboxylic acids is 1. The molecule has 2 aliphatic heterocycles. The van der Waals surface area contributed by atoms with Gasteiger partial charge in [-0.3, -0.25) is 13.9 Å². The zero-order chi connectivity index (χ0) is 30.4. The Morgan fingerprint density at radius 1 is 1.12 bits per heavy atom. The summed E-state index contributed by atoms with van der Waals surface area (Å²) in [5, 5.41) is 13.0. The van der Waals surface area contributed by atoms with Gasteiger partial charge < -0.3 is 19.9 Å². The van der Waals surface area contributed by atoms with Crippen LogP contribution in [0.25, 0.3) is 10.4 Å². The molecule has 3 N–H and O–H groups in total. The first-order valence-electron chi connectivity index (χ1n) is 14.7. The molecule has 6 rings (SSSR count). The molecule has 3 atom stereocenters.